The van der Waals surface area contributed by atoms with E-state index >= 15 is 0 Å². The second-order valence-electron chi connectivity index (χ2n) is 4.00. The van der Waals surface area contributed by atoms with Crippen LogP contribution in [0, 0.1) is 0 Å². The van der Waals surface area contributed by atoms with Crippen molar-refractivity contribution in [3.63, 3.8) is 0 Å². The Balaban J connectivity index is 2.79. The Morgan fingerprint density at radius 1 is 1.22 bits per heavy atom. The molecule has 0 saturated heterocycles. The molecule has 0 unspecified atom stereocenters. The van der Waals surface area contributed by atoms with Gasteiger partial charge in [0.25, 0.3) is 0 Å². The maximum Gasteiger partial charge on any atom is 0.177 e. The normalized spacial score (nSPS) is 11.5. The third-order valence-corrected chi connectivity index (χ3v) is 4.75. The molecule has 0 N–H and O–H groups in total. The van der Waals surface area contributed by atoms with Gasteiger partial charge in [0.2, 0.25) is 0 Å². The zero-order valence-electron chi connectivity index (χ0n) is 9.95. The van der Waals surface area contributed by atoms with Crippen molar-refractivity contribution in [3.8, 4) is 0 Å². The highest BCUT2D eigenvalue weighted by atomic mass is 35.5. The van der Waals surface area contributed by atoms with Gasteiger partial charge in [-0.3, -0.25) is 4.79 Å². The van der Waals surface area contributed by atoms with Crippen LogP contribution in [0.5, 0.6) is 0 Å². The van der Waals surface area contributed by atoms with Gasteiger partial charge in [-0.2, -0.15) is 0 Å². The molecular formula is C12H14Cl2O3S. The summed E-state index contributed by atoms with van der Waals surface area (Å²) in [7, 11) is -3.34. The maximum absolute atomic E-state index is 11.8. The van der Waals surface area contributed by atoms with Gasteiger partial charge in [0.1, 0.15) is 5.75 Å². The molecule has 0 spiro atoms. The summed E-state index contributed by atoms with van der Waals surface area (Å²) in [6.45, 7) is 1.90. The number of Topliss-reactive ketones (excluding diaryl/α,β-unsaturated/α-hetero) is 1. The zero-order chi connectivity index (χ0) is 13.8. The van der Waals surface area contributed by atoms with Crippen molar-refractivity contribution < 1.29 is 13.2 Å². The molecule has 0 heterocycles. The Kier molecular flexibility index (Phi) is 5.63. The SMILES string of the molecule is CCCCS(=O)(=O)CC(=O)c1ccc(Cl)c(Cl)c1. The first kappa shape index (κ1) is 15.5. The summed E-state index contributed by atoms with van der Waals surface area (Å²) in [5, 5.41) is 0.579. The highest BCUT2D eigenvalue weighted by Crippen LogP contribution is 2.23. The Morgan fingerprint density at radius 3 is 2.44 bits per heavy atom. The molecule has 6 heteroatoms. The van der Waals surface area contributed by atoms with Crippen LogP contribution in [0.1, 0.15) is 30.1 Å². The molecule has 0 atom stereocenters. The lowest BCUT2D eigenvalue weighted by Crippen LogP contribution is -2.19. The minimum Gasteiger partial charge on any atom is -0.293 e. The van der Waals surface area contributed by atoms with Gasteiger partial charge < -0.3 is 0 Å². The van der Waals surface area contributed by atoms with Gasteiger partial charge in [0, 0.05) is 5.56 Å². The molecule has 1 aromatic carbocycles. The zero-order valence-corrected chi connectivity index (χ0v) is 12.3. The van der Waals surface area contributed by atoms with E-state index in [4.69, 9.17) is 23.2 Å². The van der Waals surface area contributed by atoms with E-state index in [2.05, 4.69) is 0 Å². The Morgan fingerprint density at radius 2 is 1.89 bits per heavy atom. The lowest BCUT2D eigenvalue weighted by Gasteiger charge is -2.04. The van der Waals surface area contributed by atoms with Gasteiger partial charge in [-0.25, -0.2) is 8.42 Å². The Hall–Kier alpha value is -0.580. The number of benzene rings is 1. The Bertz CT molecular complexity index is 538. The number of ketones is 1. The molecule has 100 valence electrons. The minimum atomic E-state index is -3.34. The minimum absolute atomic E-state index is 0.0383. The fourth-order valence-corrected chi connectivity index (χ4v) is 3.13. The second kappa shape index (κ2) is 6.55. The van der Waals surface area contributed by atoms with E-state index in [1.807, 2.05) is 6.92 Å². The quantitative estimate of drug-likeness (QED) is 0.757. The van der Waals surface area contributed by atoms with Crippen molar-refractivity contribution in [3.05, 3.63) is 33.8 Å². The lowest BCUT2D eigenvalue weighted by atomic mass is 10.1. The number of unbranched alkanes of at least 4 members (excludes halogenated alkanes) is 1. The van der Waals surface area contributed by atoms with Gasteiger partial charge >= 0.3 is 0 Å². The largest absolute Gasteiger partial charge is 0.293 e. The second-order valence-corrected chi connectivity index (χ2v) is 7.00. The van der Waals surface area contributed by atoms with Crippen molar-refractivity contribution in [2.45, 2.75) is 19.8 Å². The number of hydrogen-bond acceptors (Lipinski definition) is 3. The summed E-state index contributed by atoms with van der Waals surface area (Å²) < 4.78 is 23.3. The van der Waals surface area contributed by atoms with E-state index < -0.39 is 21.4 Å². The number of sulfone groups is 1. The molecular weight excluding hydrogens is 295 g/mol. The van der Waals surface area contributed by atoms with Gasteiger partial charge in [0.15, 0.2) is 15.6 Å². The summed E-state index contributed by atoms with van der Waals surface area (Å²) in [6, 6.07) is 4.35. The van der Waals surface area contributed by atoms with Crippen LogP contribution >= 0.6 is 23.2 Å². The molecule has 0 aliphatic heterocycles. The predicted octanol–water partition coefficient (Wildman–Crippen LogP) is 3.39. The maximum atomic E-state index is 11.8. The van der Waals surface area contributed by atoms with Crippen LogP contribution < -0.4 is 0 Å². The van der Waals surface area contributed by atoms with Crippen molar-refractivity contribution in [2.75, 3.05) is 11.5 Å². The van der Waals surface area contributed by atoms with E-state index in [9.17, 15) is 13.2 Å². The van der Waals surface area contributed by atoms with Crippen LogP contribution in [0.15, 0.2) is 18.2 Å². The highest BCUT2D eigenvalue weighted by Gasteiger charge is 2.18. The summed E-state index contributed by atoms with van der Waals surface area (Å²) in [4.78, 5) is 11.8. The molecule has 0 radical (unpaired) electrons. The van der Waals surface area contributed by atoms with E-state index in [0.29, 0.717) is 11.4 Å². The predicted molar refractivity (Wildman–Crippen MR) is 74.4 cm³/mol. The van der Waals surface area contributed by atoms with Crippen LogP contribution in [0.2, 0.25) is 10.0 Å². The topological polar surface area (TPSA) is 51.2 Å². The average molecular weight is 309 g/mol. The van der Waals surface area contributed by atoms with Crippen molar-refractivity contribution >= 4 is 38.8 Å². The molecule has 0 aromatic heterocycles. The van der Waals surface area contributed by atoms with Crippen molar-refractivity contribution in [1.82, 2.24) is 0 Å². The average Bonchev–Trinajstić information content (AvgIpc) is 2.29. The molecule has 18 heavy (non-hydrogen) atoms. The first-order valence-electron chi connectivity index (χ1n) is 5.54. The molecule has 3 nitrogen and oxygen atoms in total. The molecule has 1 rings (SSSR count). The summed E-state index contributed by atoms with van der Waals surface area (Å²) in [5.41, 5.74) is 0.268. The summed E-state index contributed by atoms with van der Waals surface area (Å²) >= 11 is 11.5. The number of carbonyl (C=O) groups excluding carboxylic acids is 1. The first-order valence-corrected chi connectivity index (χ1v) is 8.12. The van der Waals surface area contributed by atoms with E-state index in [0.717, 1.165) is 6.42 Å². The van der Waals surface area contributed by atoms with Gasteiger partial charge in [0.05, 0.1) is 15.8 Å². The third kappa shape index (κ3) is 4.59. The number of carbonyl (C=O) groups is 1. The van der Waals surface area contributed by atoms with E-state index in [1.165, 1.54) is 18.2 Å². The van der Waals surface area contributed by atoms with Crippen LogP contribution in [-0.2, 0) is 9.84 Å². The smallest absolute Gasteiger partial charge is 0.177 e. The highest BCUT2D eigenvalue weighted by molar-refractivity contribution is 7.92. The van der Waals surface area contributed by atoms with E-state index in [1.54, 1.807) is 0 Å². The van der Waals surface area contributed by atoms with Gasteiger partial charge in [-0.15, -0.1) is 0 Å². The van der Waals surface area contributed by atoms with Crippen LogP contribution in [-0.4, -0.2) is 25.7 Å². The molecule has 0 aliphatic carbocycles. The molecule has 1 aromatic rings. The molecule has 0 fully saturated rings. The van der Waals surface area contributed by atoms with Crippen molar-refractivity contribution in [1.29, 1.82) is 0 Å². The molecule has 0 amide bonds. The van der Waals surface area contributed by atoms with Crippen LogP contribution in [0.3, 0.4) is 0 Å². The van der Waals surface area contributed by atoms with Crippen LogP contribution in [0.4, 0.5) is 0 Å². The molecule has 0 saturated carbocycles. The Labute approximate surface area is 117 Å². The van der Waals surface area contributed by atoms with Gasteiger partial charge in [-0.05, 0) is 24.6 Å². The number of hydrogen-bond donors (Lipinski definition) is 0. The third-order valence-electron chi connectivity index (χ3n) is 2.40. The monoisotopic (exact) mass is 308 g/mol. The standard InChI is InChI=1S/C12H14Cl2O3S/c1-2-3-6-18(16,17)8-12(15)9-4-5-10(13)11(14)7-9/h4-5,7H,2-3,6,8H2,1H3. The van der Waals surface area contributed by atoms with Gasteiger partial charge in [-0.1, -0.05) is 36.5 Å². The lowest BCUT2D eigenvalue weighted by molar-refractivity contribution is 0.102. The molecule has 0 aliphatic rings. The summed E-state index contributed by atoms with van der Waals surface area (Å²) in [5.74, 6) is -0.897. The van der Waals surface area contributed by atoms with Crippen LogP contribution in [0.25, 0.3) is 0 Å². The van der Waals surface area contributed by atoms with Crippen molar-refractivity contribution in [2.24, 2.45) is 0 Å². The number of rotatable bonds is 6. The first-order chi connectivity index (χ1) is 8.35. The molecule has 0 bridgehead atoms. The van der Waals surface area contributed by atoms with E-state index in [-0.39, 0.29) is 16.3 Å². The summed E-state index contributed by atoms with van der Waals surface area (Å²) in [6.07, 6.45) is 1.34. The fraction of sp³-hybridized carbons (Fsp3) is 0.417. The fourth-order valence-electron chi connectivity index (χ4n) is 1.39. The number of halogens is 2.